The number of ether oxygens (including phenoxy) is 1. The molecule has 10 heteroatoms. The summed E-state index contributed by atoms with van der Waals surface area (Å²) in [5.74, 6) is -0.468. The van der Waals surface area contributed by atoms with Gasteiger partial charge in [0, 0.05) is 42.1 Å². The Morgan fingerprint density at radius 1 is 0.977 bits per heavy atom. The van der Waals surface area contributed by atoms with Crippen LogP contribution in [-0.2, 0) is 13.1 Å². The molecule has 0 bridgehead atoms. The van der Waals surface area contributed by atoms with Crippen LogP contribution in [0.15, 0.2) is 48.8 Å². The highest BCUT2D eigenvalue weighted by molar-refractivity contribution is 5.99. The highest BCUT2D eigenvalue weighted by Crippen LogP contribution is 2.40. The van der Waals surface area contributed by atoms with E-state index in [1.807, 2.05) is 25.3 Å². The SMILES string of the molecule is Cc1c(N)cn2c1CN(c1nc(OCC34CCCN3CCC4)nc3c(F)c(-c4cccc5cccc(F)c45)ncc13)CCC2. The number of nitrogens with zero attached hydrogens (tertiary/aromatic N) is 6. The maximum Gasteiger partial charge on any atom is 0.319 e. The van der Waals surface area contributed by atoms with Gasteiger partial charge in [0.2, 0.25) is 0 Å². The Morgan fingerprint density at radius 2 is 1.77 bits per heavy atom. The lowest BCUT2D eigenvalue weighted by molar-refractivity contribution is 0.108. The molecule has 0 spiro atoms. The average molecular weight is 596 g/mol. The van der Waals surface area contributed by atoms with Crippen molar-refractivity contribution in [2.75, 3.05) is 36.9 Å². The first-order chi connectivity index (χ1) is 21.4. The van der Waals surface area contributed by atoms with Crippen LogP contribution < -0.4 is 15.4 Å². The third-order valence-corrected chi connectivity index (χ3v) is 10.0. The van der Waals surface area contributed by atoms with Gasteiger partial charge in [-0.15, -0.1) is 0 Å². The second-order valence-corrected chi connectivity index (χ2v) is 12.5. The van der Waals surface area contributed by atoms with Crippen molar-refractivity contribution in [3.05, 3.63) is 71.7 Å². The predicted molar refractivity (Wildman–Crippen MR) is 168 cm³/mol. The van der Waals surface area contributed by atoms with E-state index in [4.69, 9.17) is 15.5 Å². The van der Waals surface area contributed by atoms with Crippen molar-refractivity contribution in [1.82, 2.24) is 24.4 Å². The Kier molecular flexibility index (Phi) is 6.44. The van der Waals surface area contributed by atoms with E-state index < -0.39 is 11.6 Å². The summed E-state index contributed by atoms with van der Waals surface area (Å²) in [5, 5.41) is 1.50. The molecule has 44 heavy (non-hydrogen) atoms. The van der Waals surface area contributed by atoms with E-state index in [1.54, 1.807) is 24.4 Å². The van der Waals surface area contributed by atoms with Gasteiger partial charge in [-0.3, -0.25) is 9.88 Å². The summed E-state index contributed by atoms with van der Waals surface area (Å²) in [6.07, 6.45) is 8.92. The summed E-state index contributed by atoms with van der Waals surface area (Å²) >= 11 is 0. The zero-order valence-electron chi connectivity index (χ0n) is 24.8. The molecule has 0 aliphatic carbocycles. The van der Waals surface area contributed by atoms with Crippen molar-refractivity contribution in [2.24, 2.45) is 0 Å². The maximum absolute atomic E-state index is 16.7. The number of aryl methyl sites for hydroxylation is 1. The largest absolute Gasteiger partial charge is 0.461 e. The van der Waals surface area contributed by atoms with E-state index in [1.165, 1.54) is 6.07 Å². The molecule has 2 saturated heterocycles. The highest BCUT2D eigenvalue weighted by Gasteiger charge is 2.45. The molecule has 8 nitrogen and oxygen atoms in total. The van der Waals surface area contributed by atoms with Crippen LogP contribution in [0.2, 0.25) is 0 Å². The Bertz CT molecular complexity index is 1910. The van der Waals surface area contributed by atoms with Gasteiger partial charge in [0.1, 0.15) is 29.5 Å². The number of fused-ring (bicyclic) bond motifs is 4. The van der Waals surface area contributed by atoms with E-state index in [-0.39, 0.29) is 22.8 Å². The minimum atomic E-state index is -0.619. The van der Waals surface area contributed by atoms with Crippen LogP contribution in [0.5, 0.6) is 6.01 Å². The van der Waals surface area contributed by atoms with Crippen molar-refractivity contribution < 1.29 is 13.5 Å². The number of benzene rings is 2. The lowest BCUT2D eigenvalue weighted by Gasteiger charge is -2.31. The van der Waals surface area contributed by atoms with Crippen LogP contribution in [0.4, 0.5) is 20.3 Å². The monoisotopic (exact) mass is 595 g/mol. The molecule has 2 fully saturated rings. The summed E-state index contributed by atoms with van der Waals surface area (Å²) in [6.45, 7) is 6.75. The molecule has 2 aromatic carbocycles. The zero-order chi connectivity index (χ0) is 30.0. The van der Waals surface area contributed by atoms with Crippen LogP contribution in [-0.4, -0.2) is 56.2 Å². The third-order valence-electron chi connectivity index (χ3n) is 10.0. The first-order valence-electron chi connectivity index (χ1n) is 15.5. The van der Waals surface area contributed by atoms with Crippen LogP contribution in [0.3, 0.4) is 0 Å². The number of nitrogen functional groups attached to an aromatic ring is 1. The van der Waals surface area contributed by atoms with E-state index in [2.05, 4.69) is 24.3 Å². The number of aromatic nitrogens is 4. The number of hydrogen-bond acceptors (Lipinski definition) is 7. The molecule has 6 heterocycles. The molecule has 3 aliphatic heterocycles. The van der Waals surface area contributed by atoms with Crippen molar-refractivity contribution in [3.8, 4) is 17.3 Å². The molecule has 3 aromatic heterocycles. The Hall–Kier alpha value is -4.31. The molecule has 0 radical (unpaired) electrons. The highest BCUT2D eigenvalue weighted by atomic mass is 19.1. The lowest BCUT2D eigenvalue weighted by Crippen LogP contribution is -2.43. The van der Waals surface area contributed by atoms with Crippen molar-refractivity contribution in [2.45, 2.75) is 57.7 Å². The van der Waals surface area contributed by atoms with E-state index in [9.17, 15) is 0 Å². The lowest BCUT2D eigenvalue weighted by atomic mass is 9.95. The van der Waals surface area contributed by atoms with Crippen molar-refractivity contribution in [1.29, 1.82) is 0 Å². The van der Waals surface area contributed by atoms with Gasteiger partial charge in [-0.25, -0.2) is 8.78 Å². The number of nitrogens with two attached hydrogens (primary N) is 1. The number of rotatable bonds is 5. The molecule has 0 amide bonds. The predicted octanol–water partition coefficient (Wildman–Crippen LogP) is 6.23. The second-order valence-electron chi connectivity index (χ2n) is 12.5. The Labute approximate surface area is 254 Å². The van der Waals surface area contributed by atoms with Crippen LogP contribution in [0, 0.1) is 18.6 Å². The summed E-state index contributed by atoms with van der Waals surface area (Å²) in [6, 6.07) is 10.3. The summed E-state index contributed by atoms with van der Waals surface area (Å²) in [7, 11) is 0. The van der Waals surface area contributed by atoms with E-state index >= 15 is 8.78 Å². The minimum Gasteiger partial charge on any atom is -0.461 e. The minimum absolute atomic E-state index is 0.0149. The molecular formula is C34H35F2N7O. The molecule has 226 valence electrons. The van der Waals surface area contributed by atoms with Gasteiger partial charge in [0.05, 0.1) is 23.2 Å². The fraction of sp³-hybridized carbons (Fsp3) is 0.382. The second kappa shape index (κ2) is 10.4. The number of anilines is 2. The quantitative estimate of drug-likeness (QED) is 0.258. The molecule has 5 aromatic rings. The zero-order valence-corrected chi connectivity index (χ0v) is 24.8. The van der Waals surface area contributed by atoms with E-state index in [0.717, 1.165) is 68.7 Å². The van der Waals surface area contributed by atoms with Gasteiger partial charge in [-0.1, -0.05) is 30.3 Å². The molecule has 0 saturated carbocycles. The Morgan fingerprint density at radius 3 is 2.59 bits per heavy atom. The number of pyridine rings is 1. The molecule has 3 aliphatic rings. The van der Waals surface area contributed by atoms with Gasteiger partial charge in [0.15, 0.2) is 5.82 Å². The molecule has 2 N–H and O–H groups in total. The average Bonchev–Trinajstić information content (AvgIpc) is 3.63. The van der Waals surface area contributed by atoms with Crippen LogP contribution >= 0.6 is 0 Å². The number of hydrogen-bond donors (Lipinski definition) is 1. The topological polar surface area (TPSA) is 85.3 Å². The van der Waals surface area contributed by atoms with Gasteiger partial charge in [0.25, 0.3) is 0 Å². The van der Waals surface area contributed by atoms with Crippen LogP contribution in [0.25, 0.3) is 32.9 Å². The van der Waals surface area contributed by atoms with Gasteiger partial charge < -0.3 is 19.9 Å². The van der Waals surface area contributed by atoms with Gasteiger partial charge >= 0.3 is 6.01 Å². The normalized spacial score (nSPS) is 18.1. The standard InChI is InChI=1S/C34H35F2N7O/c1-21-26(37)18-41-13-6-14-42(19-27(21)41)32-24-17-38-30(23-9-2-7-22-8-3-10-25(35)28(22)23)29(36)31(24)39-33(40-32)44-20-34-11-4-15-43(34)16-5-12-34/h2-3,7-10,17-18H,4-6,11-16,19-20,37H2,1H3. The molecular weight excluding hydrogens is 560 g/mol. The molecule has 0 atom stereocenters. The smallest absolute Gasteiger partial charge is 0.319 e. The Balaban J connectivity index is 1.27. The van der Waals surface area contributed by atoms with Crippen molar-refractivity contribution >= 4 is 33.2 Å². The van der Waals surface area contributed by atoms with Gasteiger partial charge in [-0.2, -0.15) is 9.97 Å². The summed E-state index contributed by atoms with van der Waals surface area (Å²) in [4.78, 5) is 18.8. The fourth-order valence-corrected chi connectivity index (χ4v) is 7.67. The molecule has 8 rings (SSSR count). The first-order valence-corrected chi connectivity index (χ1v) is 15.5. The maximum atomic E-state index is 16.7. The third kappa shape index (κ3) is 4.29. The summed E-state index contributed by atoms with van der Waals surface area (Å²) in [5.41, 5.74) is 9.72. The number of halogens is 2. The first kappa shape index (κ1) is 27.3. The van der Waals surface area contributed by atoms with Crippen molar-refractivity contribution in [3.63, 3.8) is 0 Å². The fourth-order valence-electron chi connectivity index (χ4n) is 7.67. The van der Waals surface area contributed by atoms with Crippen LogP contribution in [0.1, 0.15) is 43.4 Å². The summed E-state index contributed by atoms with van der Waals surface area (Å²) < 4.78 is 40.4. The molecule has 0 unspecified atom stereocenters. The van der Waals surface area contributed by atoms with E-state index in [0.29, 0.717) is 47.2 Å². The van der Waals surface area contributed by atoms with Gasteiger partial charge in [-0.05, 0) is 69.1 Å².